The van der Waals surface area contributed by atoms with E-state index in [9.17, 15) is 4.79 Å². The predicted octanol–water partition coefficient (Wildman–Crippen LogP) is 4.10. The summed E-state index contributed by atoms with van der Waals surface area (Å²) in [7, 11) is 1.60. The van der Waals surface area contributed by atoms with Crippen molar-refractivity contribution in [2.45, 2.75) is 6.42 Å². The molecule has 3 aromatic rings. The molecule has 1 heterocycles. The van der Waals surface area contributed by atoms with Crippen molar-refractivity contribution in [3.8, 4) is 17.0 Å². The third kappa shape index (κ3) is 3.98. The topological polar surface area (TPSA) is 65.2 Å². The van der Waals surface area contributed by atoms with Crippen molar-refractivity contribution in [3.05, 3.63) is 82.5 Å². The fourth-order valence-corrected chi connectivity index (χ4v) is 2.83. The van der Waals surface area contributed by atoms with Crippen LogP contribution in [-0.2, 0) is 6.42 Å². The average molecular weight is 353 g/mol. The van der Waals surface area contributed by atoms with Crippen LogP contribution in [0.4, 0.5) is 0 Å². The Kier molecular flexibility index (Phi) is 5.00. The second-order valence-electron chi connectivity index (χ2n) is 5.65. The molecular weight excluding hydrogens is 336 g/mol. The Balaban J connectivity index is 1.92. The van der Waals surface area contributed by atoms with Crippen molar-refractivity contribution >= 4 is 17.5 Å². The minimum Gasteiger partial charge on any atom is -0.481 e. The van der Waals surface area contributed by atoms with E-state index in [1.165, 1.54) is 0 Å². The molecule has 0 bridgehead atoms. The SMILES string of the molecule is COc1ncc(Cc2ccc(C(N)=O)cc2)cc1-c1cccc(Cl)c1. The number of halogens is 1. The number of nitrogens with zero attached hydrogens (tertiary/aromatic N) is 1. The highest BCUT2D eigenvalue weighted by molar-refractivity contribution is 6.30. The Labute approximate surface area is 151 Å². The number of carbonyl (C=O) groups excluding carboxylic acids is 1. The zero-order chi connectivity index (χ0) is 17.8. The molecule has 0 unspecified atom stereocenters. The number of benzene rings is 2. The van der Waals surface area contributed by atoms with E-state index in [1.807, 2.05) is 42.5 Å². The Bertz CT molecular complexity index is 908. The summed E-state index contributed by atoms with van der Waals surface area (Å²) < 4.78 is 5.38. The first kappa shape index (κ1) is 17.0. The number of pyridine rings is 1. The van der Waals surface area contributed by atoms with Crippen LogP contribution in [0.15, 0.2) is 60.8 Å². The number of aromatic nitrogens is 1. The number of hydrogen-bond acceptors (Lipinski definition) is 3. The van der Waals surface area contributed by atoms with Crippen LogP contribution < -0.4 is 10.5 Å². The standard InChI is InChI=1S/C20H17ClN2O2/c1-25-20-18(16-3-2-4-17(21)11-16)10-14(12-23-20)9-13-5-7-15(8-6-13)19(22)24/h2-8,10-12H,9H2,1H3,(H2,22,24). The molecule has 0 aliphatic heterocycles. The van der Waals surface area contributed by atoms with Crippen molar-refractivity contribution in [2.24, 2.45) is 5.73 Å². The fraction of sp³-hybridized carbons (Fsp3) is 0.100. The first-order valence-electron chi connectivity index (χ1n) is 7.74. The Morgan fingerprint density at radius 2 is 1.88 bits per heavy atom. The van der Waals surface area contributed by atoms with Crippen LogP contribution >= 0.6 is 11.6 Å². The van der Waals surface area contributed by atoms with Crippen LogP contribution in [0.5, 0.6) is 5.88 Å². The monoisotopic (exact) mass is 352 g/mol. The lowest BCUT2D eigenvalue weighted by Crippen LogP contribution is -2.10. The number of primary amides is 1. The van der Waals surface area contributed by atoms with Crippen LogP contribution in [0.3, 0.4) is 0 Å². The van der Waals surface area contributed by atoms with E-state index < -0.39 is 5.91 Å². The van der Waals surface area contributed by atoms with Gasteiger partial charge in [-0.3, -0.25) is 4.79 Å². The number of nitrogens with two attached hydrogens (primary N) is 1. The smallest absolute Gasteiger partial charge is 0.248 e. The third-order valence-electron chi connectivity index (χ3n) is 3.88. The molecule has 25 heavy (non-hydrogen) atoms. The molecular formula is C20H17ClN2O2. The molecule has 0 spiro atoms. The highest BCUT2D eigenvalue weighted by Crippen LogP contribution is 2.31. The summed E-state index contributed by atoms with van der Waals surface area (Å²) in [5.41, 5.74) is 9.69. The van der Waals surface area contributed by atoms with E-state index >= 15 is 0 Å². The molecule has 0 saturated carbocycles. The minimum atomic E-state index is -0.430. The maximum absolute atomic E-state index is 11.2. The van der Waals surface area contributed by atoms with E-state index in [0.717, 1.165) is 22.3 Å². The van der Waals surface area contributed by atoms with E-state index in [4.69, 9.17) is 22.1 Å². The number of amides is 1. The number of ether oxygens (including phenoxy) is 1. The molecule has 1 amide bonds. The molecule has 4 nitrogen and oxygen atoms in total. The van der Waals surface area contributed by atoms with Gasteiger partial charge in [0.05, 0.1) is 7.11 Å². The van der Waals surface area contributed by atoms with E-state index in [-0.39, 0.29) is 0 Å². The summed E-state index contributed by atoms with van der Waals surface area (Å²) in [6.45, 7) is 0. The molecule has 0 radical (unpaired) electrons. The number of carbonyl (C=O) groups is 1. The van der Waals surface area contributed by atoms with Gasteiger partial charge >= 0.3 is 0 Å². The van der Waals surface area contributed by atoms with E-state index in [2.05, 4.69) is 4.98 Å². The first-order chi connectivity index (χ1) is 12.1. The summed E-state index contributed by atoms with van der Waals surface area (Å²) >= 11 is 6.10. The lowest BCUT2D eigenvalue weighted by Gasteiger charge is -2.11. The summed E-state index contributed by atoms with van der Waals surface area (Å²) in [5, 5.41) is 0.659. The summed E-state index contributed by atoms with van der Waals surface area (Å²) in [5.74, 6) is 0.121. The lowest BCUT2D eigenvalue weighted by atomic mass is 10.0. The number of hydrogen-bond donors (Lipinski definition) is 1. The van der Waals surface area contributed by atoms with Gasteiger partial charge in [0.1, 0.15) is 0 Å². The summed E-state index contributed by atoms with van der Waals surface area (Å²) in [4.78, 5) is 15.6. The van der Waals surface area contributed by atoms with Gasteiger partial charge in [0.15, 0.2) is 0 Å². The van der Waals surface area contributed by atoms with Gasteiger partial charge in [-0.15, -0.1) is 0 Å². The van der Waals surface area contributed by atoms with Crippen LogP contribution in [0.1, 0.15) is 21.5 Å². The lowest BCUT2D eigenvalue weighted by molar-refractivity contribution is 0.100. The fourth-order valence-electron chi connectivity index (χ4n) is 2.64. The second-order valence-corrected chi connectivity index (χ2v) is 6.09. The van der Waals surface area contributed by atoms with Crippen LogP contribution in [0, 0.1) is 0 Å². The summed E-state index contributed by atoms with van der Waals surface area (Å²) in [6, 6.07) is 16.9. The van der Waals surface area contributed by atoms with E-state index in [1.54, 1.807) is 25.4 Å². The van der Waals surface area contributed by atoms with Crippen LogP contribution in [-0.4, -0.2) is 18.0 Å². The highest BCUT2D eigenvalue weighted by Gasteiger charge is 2.10. The molecule has 0 atom stereocenters. The van der Waals surface area contributed by atoms with Gasteiger partial charge in [-0.2, -0.15) is 0 Å². The molecule has 0 aliphatic carbocycles. The normalized spacial score (nSPS) is 10.5. The Hall–Kier alpha value is -2.85. The van der Waals surface area contributed by atoms with Crippen molar-refractivity contribution in [1.82, 2.24) is 4.98 Å². The molecule has 5 heteroatoms. The first-order valence-corrected chi connectivity index (χ1v) is 8.12. The van der Waals surface area contributed by atoms with Gasteiger partial charge in [0.2, 0.25) is 11.8 Å². The average Bonchev–Trinajstić information content (AvgIpc) is 2.62. The highest BCUT2D eigenvalue weighted by atomic mass is 35.5. The molecule has 0 saturated heterocycles. The van der Waals surface area contributed by atoms with Crippen molar-refractivity contribution in [3.63, 3.8) is 0 Å². The van der Waals surface area contributed by atoms with Gasteiger partial charge in [0, 0.05) is 22.3 Å². The van der Waals surface area contributed by atoms with Gasteiger partial charge < -0.3 is 10.5 Å². The van der Waals surface area contributed by atoms with Gasteiger partial charge in [-0.1, -0.05) is 35.9 Å². The number of rotatable bonds is 5. The van der Waals surface area contributed by atoms with Crippen LogP contribution in [0.2, 0.25) is 5.02 Å². The molecule has 0 fully saturated rings. The number of methoxy groups -OCH3 is 1. The zero-order valence-electron chi connectivity index (χ0n) is 13.7. The second kappa shape index (κ2) is 7.36. The quantitative estimate of drug-likeness (QED) is 0.751. The maximum Gasteiger partial charge on any atom is 0.248 e. The van der Waals surface area contributed by atoms with Crippen molar-refractivity contribution in [2.75, 3.05) is 7.11 Å². The molecule has 2 aromatic carbocycles. The van der Waals surface area contributed by atoms with Crippen LogP contribution in [0.25, 0.3) is 11.1 Å². The van der Waals surface area contributed by atoms with Crippen molar-refractivity contribution < 1.29 is 9.53 Å². The van der Waals surface area contributed by atoms with E-state index in [0.29, 0.717) is 22.9 Å². The predicted molar refractivity (Wildman–Crippen MR) is 99.0 cm³/mol. The largest absolute Gasteiger partial charge is 0.481 e. The molecule has 126 valence electrons. The van der Waals surface area contributed by atoms with Gasteiger partial charge in [0.25, 0.3) is 0 Å². The molecule has 0 aliphatic rings. The van der Waals surface area contributed by atoms with Gasteiger partial charge in [-0.05, 0) is 53.4 Å². The Morgan fingerprint density at radius 1 is 1.12 bits per heavy atom. The molecule has 2 N–H and O–H groups in total. The maximum atomic E-state index is 11.2. The third-order valence-corrected chi connectivity index (χ3v) is 4.12. The Morgan fingerprint density at radius 3 is 2.52 bits per heavy atom. The molecule has 3 rings (SSSR count). The minimum absolute atomic E-state index is 0.430. The zero-order valence-corrected chi connectivity index (χ0v) is 14.5. The van der Waals surface area contributed by atoms with Gasteiger partial charge in [-0.25, -0.2) is 4.98 Å². The van der Waals surface area contributed by atoms with Crippen molar-refractivity contribution in [1.29, 1.82) is 0 Å². The summed E-state index contributed by atoms with van der Waals surface area (Å²) in [6.07, 6.45) is 2.47. The molecule has 1 aromatic heterocycles.